The lowest BCUT2D eigenvalue weighted by Gasteiger charge is -2.31. The second-order valence-corrected chi connectivity index (χ2v) is 15.0. The zero-order chi connectivity index (χ0) is 30.9. The molecule has 0 amide bonds. The van der Waals surface area contributed by atoms with E-state index in [2.05, 4.69) is 161 Å². The molecule has 0 spiro atoms. The molecule has 3 aliphatic rings. The molecule has 3 aliphatic carbocycles. The first kappa shape index (κ1) is 26.3. The number of benzene rings is 7. The summed E-state index contributed by atoms with van der Waals surface area (Å²) in [4.78, 5) is 0. The fourth-order valence-corrected chi connectivity index (χ4v) is 9.45. The molecular weight excluding hydrogens is 553 g/mol. The number of fused-ring (bicyclic) bond motifs is 6. The molecule has 2 unspecified atom stereocenters. The van der Waals surface area contributed by atoms with Gasteiger partial charge in [-0.1, -0.05) is 149 Å². The van der Waals surface area contributed by atoms with E-state index in [9.17, 15) is 0 Å². The molecule has 46 heavy (non-hydrogen) atoms. The van der Waals surface area contributed by atoms with E-state index in [0.29, 0.717) is 11.8 Å². The first-order chi connectivity index (χ1) is 22.3. The van der Waals surface area contributed by atoms with E-state index in [1.807, 2.05) is 0 Å². The molecule has 0 fully saturated rings. The highest BCUT2D eigenvalue weighted by Gasteiger charge is 2.45. The predicted molar refractivity (Wildman–Crippen MR) is 196 cm³/mol. The van der Waals surface area contributed by atoms with Gasteiger partial charge in [0.15, 0.2) is 0 Å². The van der Waals surface area contributed by atoms with Gasteiger partial charge in [-0.25, -0.2) is 0 Å². The van der Waals surface area contributed by atoms with E-state index < -0.39 is 0 Å². The van der Waals surface area contributed by atoms with Crippen molar-refractivity contribution in [2.24, 2.45) is 5.92 Å². The minimum absolute atomic E-state index is 0.0924. The van der Waals surface area contributed by atoms with Gasteiger partial charge in [0.2, 0.25) is 0 Å². The fourth-order valence-electron chi connectivity index (χ4n) is 9.45. The van der Waals surface area contributed by atoms with Crippen molar-refractivity contribution in [3.8, 4) is 22.3 Å². The topological polar surface area (TPSA) is 0 Å². The Morgan fingerprint density at radius 3 is 1.93 bits per heavy atom. The Labute approximate surface area is 271 Å². The van der Waals surface area contributed by atoms with Crippen LogP contribution in [0.4, 0.5) is 0 Å². The maximum Gasteiger partial charge on any atom is 0.0159 e. The van der Waals surface area contributed by atoms with Crippen molar-refractivity contribution in [2.75, 3.05) is 0 Å². The van der Waals surface area contributed by atoms with Crippen LogP contribution >= 0.6 is 0 Å². The van der Waals surface area contributed by atoms with Gasteiger partial charge in [0.05, 0.1) is 0 Å². The molecule has 0 bridgehead atoms. The van der Waals surface area contributed by atoms with E-state index >= 15 is 0 Å². The Morgan fingerprint density at radius 1 is 0.522 bits per heavy atom. The summed E-state index contributed by atoms with van der Waals surface area (Å²) in [5.41, 5.74) is 13.9. The van der Waals surface area contributed by atoms with E-state index in [1.54, 1.807) is 0 Å². The minimum Gasteiger partial charge on any atom is -0.0758 e. The van der Waals surface area contributed by atoms with E-state index in [-0.39, 0.29) is 10.8 Å². The maximum absolute atomic E-state index is 2.56. The Morgan fingerprint density at radius 2 is 1.15 bits per heavy atom. The summed E-state index contributed by atoms with van der Waals surface area (Å²) < 4.78 is 0. The summed E-state index contributed by atoms with van der Waals surface area (Å²) in [5.74, 6) is 0.930. The molecule has 0 N–H and O–H groups in total. The van der Waals surface area contributed by atoms with E-state index in [4.69, 9.17) is 0 Å². The predicted octanol–water partition coefficient (Wildman–Crippen LogP) is 12.2. The van der Waals surface area contributed by atoms with Crippen molar-refractivity contribution in [2.45, 2.75) is 44.4 Å². The molecular formula is C46H36. The standard InChI is InChI=1S/C46H36/c1-45(2)39-11-6-5-10-34(39)35-20-16-30(24-40(35)45)31-17-21-36-37-22-18-32(26-42(37)46(3,4)41(36)25-31)33-19-14-29-13-12-27-8-7-9-28-15-23-38(33)44(29)43(27)28/h5-26,35,40H,1-4H3. The van der Waals surface area contributed by atoms with Crippen molar-refractivity contribution in [1.29, 1.82) is 0 Å². The first-order valence-electron chi connectivity index (χ1n) is 16.8. The summed E-state index contributed by atoms with van der Waals surface area (Å²) in [5, 5.41) is 8.03. The molecule has 0 aliphatic heterocycles. The smallest absolute Gasteiger partial charge is 0.0159 e. The van der Waals surface area contributed by atoms with Crippen molar-refractivity contribution >= 4 is 37.9 Å². The van der Waals surface area contributed by atoms with Crippen LogP contribution in [0.2, 0.25) is 0 Å². The lowest BCUT2D eigenvalue weighted by Crippen LogP contribution is -2.25. The molecule has 2 atom stereocenters. The third kappa shape index (κ3) is 3.34. The van der Waals surface area contributed by atoms with Gasteiger partial charge in [-0.3, -0.25) is 0 Å². The van der Waals surface area contributed by atoms with Crippen molar-refractivity contribution in [3.05, 3.63) is 161 Å². The average Bonchev–Trinajstić information content (AvgIpc) is 3.46. The molecule has 0 saturated carbocycles. The van der Waals surface area contributed by atoms with Gasteiger partial charge >= 0.3 is 0 Å². The van der Waals surface area contributed by atoms with E-state index in [1.165, 1.54) is 88.0 Å². The molecule has 10 rings (SSSR count). The molecule has 7 aromatic rings. The van der Waals surface area contributed by atoms with Crippen LogP contribution in [0.25, 0.3) is 60.1 Å². The third-order valence-corrected chi connectivity index (χ3v) is 11.9. The molecule has 0 aromatic heterocycles. The monoisotopic (exact) mass is 588 g/mol. The highest BCUT2D eigenvalue weighted by Crippen LogP contribution is 2.55. The number of allylic oxidation sites excluding steroid dienone is 4. The Hall–Kier alpha value is -4.94. The van der Waals surface area contributed by atoms with Crippen LogP contribution in [0, 0.1) is 5.92 Å². The summed E-state index contributed by atoms with van der Waals surface area (Å²) in [6, 6.07) is 43.9. The molecule has 0 saturated heterocycles. The number of hydrogen-bond donors (Lipinski definition) is 0. The van der Waals surface area contributed by atoms with Crippen LogP contribution in [0.15, 0.2) is 133 Å². The van der Waals surface area contributed by atoms with Gasteiger partial charge in [0, 0.05) is 11.3 Å². The van der Waals surface area contributed by atoms with Gasteiger partial charge in [-0.05, 0) is 111 Å². The molecule has 0 nitrogen and oxygen atoms in total. The van der Waals surface area contributed by atoms with Crippen molar-refractivity contribution < 1.29 is 0 Å². The zero-order valence-electron chi connectivity index (χ0n) is 26.9. The van der Waals surface area contributed by atoms with Crippen molar-refractivity contribution in [3.63, 3.8) is 0 Å². The Bertz CT molecular complexity index is 2460. The molecule has 0 heteroatoms. The summed E-state index contributed by atoms with van der Waals surface area (Å²) in [7, 11) is 0. The maximum atomic E-state index is 2.56. The van der Waals surface area contributed by atoms with Crippen molar-refractivity contribution in [1.82, 2.24) is 0 Å². The quantitative estimate of drug-likeness (QED) is 0.176. The summed E-state index contributed by atoms with van der Waals surface area (Å²) in [6.07, 6.45) is 7.40. The van der Waals surface area contributed by atoms with E-state index in [0.717, 1.165) is 0 Å². The molecule has 0 radical (unpaired) electrons. The van der Waals surface area contributed by atoms with Crippen LogP contribution in [-0.4, -0.2) is 0 Å². The first-order valence-corrected chi connectivity index (χ1v) is 16.8. The number of hydrogen-bond acceptors (Lipinski definition) is 0. The third-order valence-electron chi connectivity index (χ3n) is 11.9. The van der Waals surface area contributed by atoms with Crippen LogP contribution in [0.3, 0.4) is 0 Å². The lowest BCUT2D eigenvalue weighted by atomic mass is 9.72. The summed E-state index contributed by atoms with van der Waals surface area (Å²) in [6.45, 7) is 9.66. The van der Waals surface area contributed by atoms with Crippen LogP contribution in [0.1, 0.15) is 61.4 Å². The van der Waals surface area contributed by atoms with Gasteiger partial charge in [0.25, 0.3) is 0 Å². The fraction of sp³-hybridized carbons (Fsp3) is 0.174. The molecule has 7 aromatic carbocycles. The second kappa shape index (κ2) is 8.86. The van der Waals surface area contributed by atoms with Gasteiger partial charge in [0.1, 0.15) is 0 Å². The van der Waals surface area contributed by atoms with Gasteiger partial charge in [-0.2, -0.15) is 0 Å². The molecule has 0 heterocycles. The number of rotatable bonds is 2. The van der Waals surface area contributed by atoms with Gasteiger partial charge < -0.3 is 0 Å². The zero-order valence-corrected chi connectivity index (χ0v) is 26.9. The Kier molecular flexibility index (Phi) is 5.06. The molecule has 220 valence electrons. The SMILES string of the molecule is CC1(C)c2cc(C3=CC4C(C=C3)c3ccccc3C4(C)C)ccc2-c2ccc(-c3ccc4ccc5cccc6ccc3c4c56)cc21. The lowest BCUT2D eigenvalue weighted by molar-refractivity contribution is 0.395. The second-order valence-electron chi connectivity index (χ2n) is 15.0. The average molecular weight is 589 g/mol. The normalized spacial score (nSPS) is 20.1. The largest absolute Gasteiger partial charge is 0.0758 e. The highest BCUT2D eigenvalue weighted by molar-refractivity contribution is 6.25. The Balaban J connectivity index is 1.06. The minimum atomic E-state index is -0.0924. The highest BCUT2D eigenvalue weighted by atomic mass is 14.5. The van der Waals surface area contributed by atoms with Crippen LogP contribution in [0.5, 0.6) is 0 Å². The van der Waals surface area contributed by atoms with Crippen LogP contribution < -0.4 is 0 Å². The van der Waals surface area contributed by atoms with Crippen LogP contribution in [-0.2, 0) is 10.8 Å². The summed E-state index contributed by atoms with van der Waals surface area (Å²) >= 11 is 0. The van der Waals surface area contributed by atoms with Gasteiger partial charge in [-0.15, -0.1) is 0 Å².